The first kappa shape index (κ1) is 15.7. The van der Waals surface area contributed by atoms with Crippen molar-refractivity contribution in [2.24, 2.45) is 7.05 Å². The molecule has 1 saturated heterocycles. The van der Waals surface area contributed by atoms with Crippen LogP contribution in [0.1, 0.15) is 18.5 Å². The van der Waals surface area contributed by atoms with E-state index in [1.165, 1.54) is 18.5 Å². The van der Waals surface area contributed by atoms with Gasteiger partial charge in [0.05, 0.1) is 11.9 Å². The lowest BCUT2D eigenvalue weighted by molar-refractivity contribution is 0.415. The molecule has 1 N–H and O–H groups in total. The molecule has 23 heavy (non-hydrogen) atoms. The maximum absolute atomic E-state index is 4.46. The fourth-order valence-electron chi connectivity index (χ4n) is 3.08. The molecule has 1 fully saturated rings. The Morgan fingerprint density at radius 1 is 1.39 bits per heavy atom. The van der Waals surface area contributed by atoms with Gasteiger partial charge in [0.25, 0.3) is 0 Å². The molecule has 3 heterocycles. The summed E-state index contributed by atoms with van der Waals surface area (Å²) < 4.78 is 2.14. The minimum absolute atomic E-state index is 0.462. The van der Waals surface area contributed by atoms with Crippen molar-refractivity contribution in [2.75, 3.05) is 37.0 Å². The Hall–Kier alpha value is -2.15. The normalized spacial score (nSPS) is 18.2. The molecule has 2 aromatic rings. The van der Waals surface area contributed by atoms with Gasteiger partial charge in [-0.25, -0.2) is 4.98 Å². The zero-order chi connectivity index (χ0) is 16.2. The van der Waals surface area contributed by atoms with Crippen molar-refractivity contribution >= 4 is 11.8 Å². The van der Waals surface area contributed by atoms with Gasteiger partial charge >= 0.3 is 0 Å². The van der Waals surface area contributed by atoms with Gasteiger partial charge in [0.2, 0.25) is 5.95 Å². The van der Waals surface area contributed by atoms with Gasteiger partial charge < -0.3 is 19.7 Å². The third kappa shape index (κ3) is 3.61. The molecule has 2 aromatic heterocycles. The molecular formula is C16H25N7. The van der Waals surface area contributed by atoms with Gasteiger partial charge in [-0.1, -0.05) is 0 Å². The largest absolute Gasteiger partial charge is 0.354 e. The molecule has 0 unspecified atom stereocenters. The Morgan fingerprint density at radius 2 is 2.26 bits per heavy atom. The van der Waals surface area contributed by atoms with Crippen LogP contribution in [0.3, 0.4) is 0 Å². The Bertz CT molecular complexity index is 623. The lowest BCUT2D eigenvalue weighted by Crippen LogP contribution is -2.46. The van der Waals surface area contributed by atoms with Gasteiger partial charge in [0.1, 0.15) is 0 Å². The van der Waals surface area contributed by atoms with Gasteiger partial charge in [-0.2, -0.15) is 5.10 Å². The second kappa shape index (κ2) is 6.95. The number of hydrogen-bond acceptors (Lipinski definition) is 6. The van der Waals surface area contributed by atoms with E-state index in [1.54, 1.807) is 6.20 Å². The van der Waals surface area contributed by atoms with Crippen molar-refractivity contribution < 1.29 is 0 Å². The van der Waals surface area contributed by atoms with Crippen molar-refractivity contribution in [1.82, 2.24) is 25.1 Å². The van der Waals surface area contributed by atoms with E-state index < -0.39 is 0 Å². The summed E-state index contributed by atoms with van der Waals surface area (Å²) in [5.41, 5.74) is 1.20. The van der Waals surface area contributed by atoms with Gasteiger partial charge in [-0.3, -0.25) is 0 Å². The molecule has 1 atom stereocenters. The van der Waals surface area contributed by atoms with E-state index in [1.807, 2.05) is 37.3 Å². The molecule has 124 valence electrons. The number of anilines is 2. The highest BCUT2D eigenvalue weighted by Crippen LogP contribution is 2.17. The zero-order valence-electron chi connectivity index (χ0n) is 14.1. The van der Waals surface area contributed by atoms with E-state index in [-0.39, 0.29) is 0 Å². The standard InChI is InChI=1S/C16H25N7/c1-21(2)16-18-11-14(22(16)3)10-17-13-6-5-9-23(12-13)15-7-4-8-19-20-15/h4,7-8,11,13,17H,5-6,9-10,12H2,1-3H3/t13-/m1/s1. The summed E-state index contributed by atoms with van der Waals surface area (Å²) in [7, 11) is 6.09. The van der Waals surface area contributed by atoms with Crippen LogP contribution in [0, 0.1) is 0 Å². The zero-order valence-corrected chi connectivity index (χ0v) is 14.1. The predicted octanol–water partition coefficient (Wildman–Crippen LogP) is 1.03. The first-order valence-corrected chi connectivity index (χ1v) is 8.09. The third-order valence-electron chi connectivity index (χ3n) is 4.34. The van der Waals surface area contributed by atoms with Crippen molar-refractivity contribution in [2.45, 2.75) is 25.4 Å². The fourth-order valence-corrected chi connectivity index (χ4v) is 3.08. The van der Waals surface area contributed by atoms with Gasteiger partial charge in [-0.15, -0.1) is 5.10 Å². The van der Waals surface area contributed by atoms with E-state index in [0.717, 1.165) is 31.4 Å². The van der Waals surface area contributed by atoms with Gasteiger partial charge in [-0.05, 0) is 25.0 Å². The summed E-state index contributed by atoms with van der Waals surface area (Å²) in [6.07, 6.45) is 6.03. The van der Waals surface area contributed by atoms with Crippen LogP contribution in [0.5, 0.6) is 0 Å². The van der Waals surface area contributed by atoms with Crippen LogP contribution in [0.2, 0.25) is 0 Å². The maximum atomic E-state index is 4.46. The van der Waals surface area contributed by atoms with Crippen LogP contribution in [0.25, 0.3) is 0 Å². The smallest absolute Gasteiger partial charge is 0.204 e. The lowest BCUT2D eigenvalue weighted by atomic mass is 10.1. The minimum Gasteiger partial charge on any atom is -0.354 e. The Labute approximate surface area is 137 Å². The lowest BCUT2D eigenvalue weighted by Gasteiger charge is -2.33. The molecule has 1 aliphatic heterocycles. The highest BCUT2D eigenvalue weighted by molar-refractivity contribution is 5.37. The van der Waals surface area contributed by atoms with Crippen LogP contribution >= 0.6 is 0 Å². The molecule has 7 heteroatoms. The molecule has 7 nitrogen and oxygen atoms in total. The molecule has 0 bridgehead atoms. The van der Waals surface area contributed by atoms with Crippen LogP contribution < -0.4 is 15.1 Å². The number of piperidine rings is 1. The van der Waals surface area contributed by atoms with Gasteiger partial charge in [0, 0.05) is 53.0 Å². The molecule has 0 aliphatic carbocycles. The first-order valence-electron chi connectivity index (χ1n) is 8.09. The van der Waals surface area contributed by atoms with Crippen molar-refractivity contribution in [1.29, 1.82) is 0 Å². The Morgan fingerprint density at radius 3 is 2.96 bits per heavy atom. The molecular weight excluding hydrogens is 290 g/mol. The maximum Gasteiger partial charge on any atom is 0.204 e. The summed E-state index contributed by atoms with van der Waals surface area (Å²) in [4.78, 5) is 8.80. The van der Waals surface area contributed by atoms with E-state index in [4.69, 9.17) is 0 Å². The molecule has 0 radical (unpaired) electrons. The number of nitrogens with one attached hydrogen (secondary N) is 1. The van der Waals surface area contributed by atoms with Crippen LogP contribution in [-0.2, 0) is 13.6 Å². The second-order valence-electron chi connectivity index (χ2n) is 6.25. The van der Waals surface area contributed by atoms with Crippen LogP contribution in [0.4, 0.5) is 11.8 Å². The molecule has 0 amide bonds. The van der Waals surface area contributed by atoms with Crippen LogP contribution in [0.15, 0.2) is 24.5 Å². The number of nitrogens with zero attached hydrogens (tertiary/aromatic N) is 6. The summed E-state index contributed by atoms with van der Waals surface area (Å²) in [5, 5.41) is 11.9. The number of rotatable bonds is 5. The minimum atomic E-state index is 0.462. The summed E-state index contributed by atoms with van der Waals surface area (Å²) in [6.45, 7) is 2.85. The summed E-state index contributed by atoms with van der Waals surface area (Å²) in [5.74, 6) is 1.95. The molecule has 0 spiro atoms. The topological polar surface area (TPSA) is 62.1 Å². The predicted molar refractivity (Wildman–Crippen MR) is 91.6 cm³/mol. The Balaban J connectivity index is 1.58. The molecule has 1 aliphatic rings. The number of hydrogen-bond donors (Lipinski definition) is 1. The van der Waals surface area contributed by atoms with Crippen LogP contribution in [-0.4, -0.2) is 53.0 Å². The van der Waals surface area contributed by atoms with Crippen molar-refractivity contribution in [3.05, 3.63) is 30.2 Å². The van der Waals surface area contributed by atoms with Crippen molar-refractivity contribution in [3.8, 4) is 0 Å². The van der Waals surface area contributed by atoms with E-state index in [9.17, 15) is 0 Å². The monoisotopic (exact) mass is 315 g/mol. The molecule has 3 rings (SSSR count). The second-order valence-corrected chi connectivity index (χ2v) is 6.25. The summed E-state index contributed by atoms with van der Waals surface area (Å²) in [6, 6.07) is 4.43. The van der Waals surface area contributed by atoms with Crippen molar-refractivity contribution in [3.63, 3.8) is 0 Å². The number of aromatic nitrogens is 4. The van der Waals surface area contributed by atoms with E-state index in [2.05, 4.69) is 37.0 Å². The molecule has 0 saturated carbocycles. The average Bonchev–Trinajstić information content (AvgIpc) is 2.95. The van der Waals surface area contributed by atoms with E-state index >= 15 is 0 Å². The highest BCUT2D eigenvalue weighted by Gasteiger charge is 2.21. The number of imidazole rings is 1. The highest BCUT2D eigenvalue weighted by atomic mass is 15.3. The summed E-state index contributed by atoms with van der Waals surface area (Å²) >= 11 is 0. The third-order valence-corrected chi connectivity index (χ3v) is 4.34. The quantitative estimate of drug-likeness (QED) is 0.889. The SMILES string of the molecule is CN(C)c1ncc(CN[C@@H]2CCCN(c3cccnn3)C2)n1C. The van der Waals surface area contributed by atoms with Gasteiger partial charge in [0.15, 0.2) is 5.82 Å². The molecule has 0 aromatic carbocycles. The Kier molecular flexibility index (Phi) is 4.76. The fraction of sp³-hybridized carbons (Fsp3) is 0.562. The van der Waals surface area contributed by atoms with E-state index in [0.29, 0.717) is 6.04 Å². The average molecular weight is 315 g/mol. The first-order chi connectivity index (χ1) is 11.1.